The van der Waals surface area contributed by atoms with Crippen molar-refractivity contribution in [1.82, 2.24) is 10.6 Å². The zero-order valence-electron chi connectivity index (χ0n) is 22.7. The molecule has 3 rings (SSSR count). The van der Waals surface area contributed by atoms with E-state index in [0.717, 1.165) is 25.7 Å². The molecule has 0 aliphatic heterocycles. The molecule has 0 aromatic heterocycles. The fraction of sp³-hybridized carbons (Fsp3) is 0.630. The summed E-state index contributed by atoms with van der Waals surface area (Å²) < 4.78 is 20.6. The first-order chi connectivity index (χ1) is 17.3. The lowest BCUT2D eigenvalue weighted by atomic mass is 9.83. The van der Waals surface area contributed by atoms with Crippen LogP contribution in [-0.4, -0.2) is 49.1 Å². The van der Waals surface area contributed by atoms with Crippen LogP contribution in [0.15, 0.2) is 18.2 Å². The van der Waals surface area contributed by atoms with E-state index in [4.69, 9.17) is 4.74 Å². The van der Waals surface area contributed by atoms with Gasteiger partial charge >= 0.3 is 6.09 Å². The predicted octanol–water partition coefficient (Wildman–Crippen LogP) is 3.25. The van der Waals surface area contributed by atoms with Crippen molar-refractivity contribution in [3.8, 4) is 0 Å². The third-order valence-corrected chi connectivity index (χ3v) is 7.02. The largest absolute Gasteiger partial charge is 0.444 e. The molecule has 202 valence electrons. The van der Waals surface area contributed by atoms with Crippen LogP contribution in [0.2, 0.25) is 0 Å². The van der Waals surface area contributed by atoms with Crippen LogP contribution in [-0.2, 0) is 19.1 Å². The Kier molecular flexibility index (Phi) is 9.02. The molecule has 2 saturated carbocycles. The summed E-state index contributed by atoms with van der Waals surface area (Å²) in [4.78, 5) is 50.0. The van der Waals surface area contributed by atoms with Gasteiger partial charge in [0, 0.05) is 12.3 Å². The summed E-state index contributed by atoms with van der Waals surface area (Å²) in [5.41, 5.74) is -0.440. The second-order valence-electron chi connectivity index (χ2n) is 11.4. The fourth-order valence-corrected chi connectivity index (χ4v) is 4.84. The van der Waals surface area contributed by atoms with E-state index in [1.807, 2.05) is 0 Å². The summed E-state index contributed by atoms with van der Waals surface area (Å²) in [6, 6.07) is 2.73. The number of halogens is 1. The van der Waals surface area contributed by atoms with Gasteiger partial charge in [0.1, 0.15) is 23.1 Å². The van der Waals surface area contributed by atoms with Crippen molar-refractivity contribution >= 4 is 37.1 Å². The Balaban J connectivity index is 1.77. The molecule has 0 bridgehead atoms. The molecule has 0 radical (unpaired) electrons. The Bertz CT molecular complexity index is 1020. The molecule has 0 saturated heterocycles. The van der Waals surface area contributed by atoms with Crippen LogP contribution in [0, 0.1) is 23.6 Å². The van der Waals surface area contributed by atoms with Crippen LogP contribution in [0.1, 0.15) is 78.2 Å². The quantitative estimate of drug-likeness (QED) is 0.392. The number of carbonyl (C=O) groups is 4. The van der Waals surface area contributed by atoms with Gasteiger partial charge in [-0.1, -0.05) is 19.9 Å². The highest BCUT2D eigenvalue weighted by atomic mass is 19.1. The zero-order valence-corrected chi connectivity index (χ0v) is 22.7. The normalized spacial score (nSPS) is 17.9. The molecule has 0 spiro atoms. The van der Waals surface area contributed by atoms with E-state index in [1.165, 1.54) is 20.0 Å². The van der Waals surface area contributed by atoms with Crippen molar-refractivity contribution in [3.05, 3.63) is 29.6 Å². The van der Waals surface area contributed by atoms with E-state index < -0.39 is 41.4 Å². The average Bonchev–Trinajstić information content (AvgIpc) is 3.71. The summed E-state index contributed by atoms with van der Waals surface area (Å²) in [5.74, 6) is -1.18. The molecule has 37 heavy (non-hydrogen) atoms. The second-order valence-corrected chi connectivity index (χ2v) is 11.4. The highest BCUT2D eigenvalue weighted by Gasteiger charge is 2.48. The molecule has 8 nitrogen and oxygen atoms in total. The van der Waals surface area contributed by atoms with Gasteiger partial charge in [-0.05, 0) is 81.9 Å². The molecule has 3 atom stereocenters. The van der Waals surface area contributed by atoms with Crippen LogP contribution < -0.4 is 16.0 Å². The number of carbonyl (C=O) groups excluding carboxylic acids is 4. The number of hydrogen-bond acceptors (Lipinski definition) is 5. The molecule has 2 fully saturated rings. The molecule has 2 aliphatic rings. The van der Waals surface area contributed by atoms with Gasteiger partial charge in [-0.25, -0.2) is 9.18 Å². The number of rotatable bonds is 11. The lowest BCUT2D eigenvalue weighted by Gasteiger charge is -2.29. The molecular formula is C27H39BFN3O5. The number of hydrogen-bond donors (Lipinski definition) is 3. The van der Waals surface area contributed by atoms with Gasteiger partial charge in [-0.3, -0.25) is 9.59 Å². The molecule has 3 N–H and O–H groups in total. The number of alkyl carbamates (subject to hydrolysis) is 1. The van der Waals surface area contributed by atoms with Crippen molar-refractivity contribution in [1.29, 1.82) is 0 Å². The minimum absolute atomic E-state index is 0.0146. The van der Waals surface area contributed by atoms with Crippen molar-refractivity contribution in [2.45, 2.75) is 90.3 Å². The van der Waals surface area contributed by atoms with Gasteiger partial charge in [0.15, 0.2) is 7.85 Å². The van der Waals surface area contributed by atoms with Gasteiger partial charge < -0.3 is 25.5 Å². The van der Waals surface area contributed by atoms with Gasteiger partial charge in [-0.15, -0.1) is 0 Å². The number of anilines is 1. The Morgan fingerprint density at radius 3 is 2.11 bits per heavy atom. The molecule has 1 aromatic carbocycles. The smallest absolute Gasteiger partial charge is 0.408 e. The molecule has 2 aliphatic carbocycles. The third kappa shape index (κ3) is 8.04. The van der Waals surface area contributed by atoms with Crippen molar-refractivity contribution in [2.24, 2.45) is 17.8 Å². The number of amides is 3. The van der Waals surface area contributed by atoms with E-state index in [0.29, 0.717) is 17.4 Å². The highest BCUT2D eigenvalue weighted by Crippen LogP contribution is 2.51. The molecule has 1 aromatic rings. The van der Waals surface area contributed by atoms with Gasteiger partial charge in [0.05, 0.1) is 11.7 Å². The molecule has 3 amide bonds. The van der Waals surface area contributed by atoms with E-state index >= 15 is 4.39 Å². The van der Waals surface area contributed by atoms with Crippen molar-refractivity contribution in [2.75, 3.05) is 5.32 Å². The zero-order chi connectivity index (χ0) is 27.5. The summed E-state index contributed by atoms with van der Waals surface area (Å²) in [7, 11) is 1.38. The molecule has 0 unspecified atom stereocenters. The van der Waals surface area contributed by atoms with Gasteiger partial charge in [0.2, 0.25) is 11.8 Å². The topological polar surface area (TPSA) is 114 Å². The third-order valence-electron chi connectivity index (χ3n) is 7.02. The van der Waals surface area contributed by atoms with Crippen LogP contribution in [0.4, 0.5) is 14.9 Å². The molecule has 10 heteroatoms. The maximum atomic E-state index is 15.2. The minimum atomic E-state index is -0.834. The second kappa shape index (κ2) is 11.6. The maximum absolute atomic E-state index is 15.2. The first-order valence-corrected chi connectivity index (χ1v) is 13.2. The Morgan fingerprint density at radius 2 is 1.65 bits per heavy atom. The maximum Gasteiger partial charge on any atom is 0.408 e. The highest BCUT2D eigenvalue weighted by molar-refractivity contribution is 6.59. The van der Waals surface area contributed by atoms with Crippen LogP contribution in [0.3, 0.4) is 0 Å². The number of ether oxygens (including phenoxy) is 1. The minimum Gasteiger partial charge on any atom is -0.444 e. The monoisotopic (exact) mass is 515 g/mol. The van der Waals surface area contributed by atoms with Crippen LogP contribution >= 0.6 is 0 Å². The average molecular weight is 515 g/mol. The van der Waals surface area contributed by atoms with E-state index in [9.17, 15) is 19.2 Å². The molecular weight excluding hydrogens is 476 g/mol. The van der Waals surface area contributed by atoms with Gasteiger partial charge in [-0.2, -0.15) is 0 Å². The van der Waals surface area contributed by atoms with E-state index in [1.54, 1.807) is 40.7 Å². The SMILES string of the molecule is BC(=O)[C@H](NC(=O)CC)[C@@H](C)c1ccc(NC(=O)[C@H](NC(=O)OC(C)(C)C)C(C2CC2)C2CC2)c(F)c1. The van der Waals surface area contributed by atoms with Crippen molar-refractivity contribution in [3.63, 3.8) is 0 Å². The van der Waals surface area contributed by atoms with E-state index in [2.05, 4.69) is 16.0 Å². The Hall–Kier alpha value is -2.91. The lowest BCUT2D eigenvalue weighted by Crippen LogP contribution is -2.51. The number of nitrogens with one attached hydrogen (secondary N) is 3. The summed E-state index contributed by atoms with van der Waals surface area (Å²) in [5, 5.41) is 8.12. The van der Waals surface area contributed by atoms with Crippen LogP contribution in [0.5, 0.6) is 0 Å². The van der Waals surface area contributed by atoms with Crippen LogP contribution in [0.25, 0.3) is 0 Å². The Morgan fingerprint density at radius 1 is 1.05 bits per heavy atom. The standard InChI is InChI=1S/C27H39BFN3O5/c1-6-20(33)31-22(24(28)34)14(2)17-11-12-19(18(29)13-17)30-25(35)23(32-26(36)37-27(3,4)5)21(15-7-8-15)16-9-10-16/h11-16,21-23H,6-10,28H2,1-5H3,(H,30,35)(H,31,33)(H,32,36)/t14-,22+,23+/m0/s1. The Labute approximate surface area is 219 Å². The molecule has 0 heterocycles. The lowest BCUT2D eigenvalue weighted by molar-refractivity contribution is -0.125. The van der Waals surface area contributed by atoms with Crippen molar-refractivity contribution < 1.29 is 28.3 Å². The summed E-state index contributed by atoms with van der Waals surface area (Å²) >= 11 is 0. The first-order valence-electron chi connectivity index (χ1n) is 13.2. The van der Waals surface area contributed by atoms with E-state index in [-0.39, 0.29) is 29.6 Å². The summed E-state index contributed by atoms with van der Waals surface area (Å²) in [6.45, 7) is 8.69. The van der Waals surface area contributed by atoms with Gasteiger partial charge in [0.25, 0.3) is 0 Å². The first kappa shape index (κ1) is 28.7. The number of benzene rings is 1. The summed E-state index contributed by atoms with van der Waals surface area (Å²) in [6.07, 6.45) is 3.59. The fourth-order valence-electron chi connectivity index (χ4n) is 4.84. The predicted molar refractivity (Wildman–Crippen MR) is 141 cm³/mol.